The van der Waals surface area contributed by atoms with Crippen LogP contribution in [0.5, 0.6) is 5.75 Å². The Morgan fingerprint density at radius 3 is 2.06 bits per heavy atom. The Bertz CT molecular complexity index is 1100. The predicted molar refractivity (Wildman–Crippen MR) is 96.4 cm³/mol. The Labute approximate surface area is 177 Å². The molecular formula is C19H9BrF7NO3. The number of benzene rings is 2. The van der Waals surface area contributed by atoms with E-state index >= 15 is 0 Å². The number of carbonyl (C=O) groups excluding carboxylic acids is 1. The van der Waals surface area contributed by atoms with E-state index < -0.39 is 52.4 Å². The minimum absolute atomic E-state index is 0.110. The van der Waals surface area contributed by atoms with Crippen LogP contribution in [-0.2, 0) is 12.8 Å². The van der Waals surface area contributed by atoms with Crippen molar-refractivity contribution in [3.8, 4) is 5.75 Å². The standard InChI is InChI=1S/C19H9BrF7NO3/c20-8-1-3-9(4-2-8)30-7-10-5-6-11(31-10)18(29)28-17-15(23)13(21)12(19(25,26)27)14(22)16(17)24/h1-6H,7H2,(H,28,29). The molecule has 0 fully saturated rings. The number of amides is 1. The van der Waals surface area contributed by atoms with Crippen LogP contribution >= 0.6 is 15.9 Å². The number of ether oxygens (including phenoxy) is 1. The molecule has 0 saturated heterocycles. The summed E-state index contributed by atoms with van der Waals surface area (Å²) in [6, 6.07) is 9.06. The Balaban J connectivity index is 1.77. The molecule has 0 spiro atoms. The van der Waals surface area contributed by atoms with Crippen LogP contribution in [0.4, 0.5) is 36.4 Å². The highest BCUT2D eigenvalue weighted by Crippen LogP contribution is 2.38. The average Bonchev–Trinajstić information content (AvgIpc) is 3.17. The molecular weight excluding hydrogens is 503 g/mol. The summed E-state index contributed by atoms with van der Waals surface area (Å²) in [5.74, 6) is -11.5. The predicted octanol–water partition coefficient (Wildman–Crippen LogP) is 6.45. The molecule has 3 aromatic rings. The van der Waals surface area contributed by atoms with Crippen LogP contribution in [0.25, 0.3) is 0 Å². The van der Waals surface area contributed by atoms with Crippen molar-refractivity contribution in [2.75, 3.05) is 5.32 Å². The second kappa shape index (κ2) is 8.61. The molecule has 164 valence electrons. The van der Waals surface area contributed by atoms with E-state index in [0.717, 1.165) is 10.5 Å². The van der Waals surface area contributed by atoms with Crippen molar-refractivity contribution in [3.05, 3.63) is 81.2 Å². The van der Waals surface area contributed by atoms with Crippen molar-refractivity contribution in [1.82, 2.24) is 0 Å². The molecule has 4 nitrogen and oxygen atoms in total. The number of rotatable bonds is 5. The average molecular weight is 512 g/mol. The van der Waals surface area contributed by atoms with Crippen molar-refractivity contribution < 1.29 is 44.7 Å². The van der Waals surface area contributed by atoms with Crippen LogP contribution in [-0.4, -0.2) is 5.91 Å². The van der Waals surface area contributed by atoms with Crippen LogP contribution in [0.2, 0.25) is 0 Å². The lowest BCUT2D eigenvalue weighted by Crippen LogP contribution is -2.20. The molecule has 0 aliphatic heterocycles. The SMILES string of the molecule is O=C(Nc1c(F)c(F)c(C(F)(F)F)c(F)c1F)c1ccc(COc2ccc(Br)cc2)o1. The fraction of sp³-hybridized carbons (Fsp3) is 0.105. The molecule has 2 aromatic carbocycles. The lowest BCUT2D eigenvalue weighted by molar-refractivity contribution is -0.143. The number of hydrogen-bond acceptors (Lipinski definition) is 3. The zero-order chi connectivity index (χ0) is 22.9. The third-order valence-electron chi connectivity index (χ3n) is 3.87. The number of nitrogens with one attached hydrogen (secondary N) is 1. The van der Waals surface area contributed by atoms with E-state index in [-0.39, 0.29) is 12.4 Å². The Morgan fingerprint density at radius 2 is 1.52 bits per heavy atom. The number of alkyl halides is 3. The number of furan rings is 1. The maximum atomic E-state index is 13.9. The van der Waals surface area contributed by atoms with E-state index in [1.807, 2.05) is 0 Å². The molecule has 0 aliphatic carbocycles. The summed E-state index contributed by atoms with van der Waals surface area (Å²) in [6.07, 6.45) is -5.69. The lowest BCUT2D eigenvalue weighted by Gasteiger charge is -2.14. The molecule has 1 aromatic heterocycles. The molecule has 0 aliphatic rings. The summed E-state index contributed by atoms with van der Waals surface area (Å²) in [5, 5.41) is 1.47. The maximum absolute atomic E-state index is 13.9. The fourth-order valence-electron chi connectivity index (χ4n) is 2.43. The quantitative estimate of drug-likeness (QED) is 0.316. The van der Waals surface area contributed by atoms with Gasteiger partial charge in [0.2, 0.25) is 0 Å². The van der Waals surface area contributed by atoms with Gasteiger partial charge in [-0.25, -0.2) is 17.6 Å². The molecule has 1 N–H and O–H groups in total. The van der Waals surface area contributed by atoms with Crippen molar-refractivity contribution in [3.63, 3.8) is 0 Å². The van der Waals surface area contributed by atoms with Gasteiger partial charge in [-0.2, -0.15) is 13.2 Å². The first-order valence-electron chi connectivity index (χ1n) is 8.20. The van der Waals surface area contributed by atoms with Gasteiger partial charge in [-0.1, -0.05) is 15.9 Å². The molecule has 0 saturated carbocycles. The van der Waals surface area contributed by atoms with E-state index in [4.69, 9.17) is 9.15 Å². The summed E-state index contributed by atoms with van der Waals surface area (Å²) < 4.78 is 104. The van der Waals surface area contributed by atoms with Crippen molar-refractivity contribution in [1.29, 1.82) is 0 Å². The smallest absolute Gasteiger partial charge is 0.422 e. The number of anilines is 1. The van der Waals surface area contributed by atoms with Crippen molar-refractivity contribution in [2.45, 2.75) is 12.8 Å². The molecule has 0 radical (unpaired) electrons. The Hall–Kier alpha value is -3.02. The monoisotopic (exact) mass is 511 g/mol. The second-order valence-electron chi connectivity index (χ2n) is 5.97. The lowest BCUT2D eigenvalue weighted by atomic mass is 10.1. The van der Waals surface area contributed by atoms with Crippen molar-refractivity contribution in [2.24, 2.45) is 0 Å². The number of hydrogen-bond donors (Lipinski definition) is 1. The summed E-state index contributed by atoms with van der Waals surface area (Å²) in [6.45, 7) is -0.138. The molecule has 0 unspecified atom stereocenters. The van der Waals surface area contributed by atoms with Gasteiger partial charge in [0, 0.05) is 4.47 Å². The molecule has 1 amide bonds. The highest BCUT2D eigenvalue weighted by atomic mass is 79.9. The summed E-state index contributed by atoms with van der Waals surface area (Å²) in [7, 11) is 0. The van der Waals surface area contributed by atoms with Gasteiger partial charge < -0.3 is 14.5 Å². The topological polar surface area (TPSA) is 51.5 Å². The molecule has 31 heavy (non-hydrogen) atoms. The minimum Gasteiger partial charge on any atom is -0.486 e. The first kappa shape index (κ1) is 22.7. The van der Waals surface area contributed by atoms with E-state index in [2.05, 4.69) is 15.9 Å². The summed E-state index contributed by atoms with van der Waals surface area (Å²) in [4.78, 5) is 12.1. The van der Waals surface area contributed by atoms with Crippen molar-refractivity contribution >= 4 is 27.5 Å². The molecule has 0 atom stereocenters. The van der Waals surface area contributed by atoms with Crippen LogP contribution in [0.3, 0.4) is 0 Å². The third kappa shape index (κ3) is 4.84. The highest BCUT2D eigenvalue weighted by molar-refractivity contribution is 9.10. The van der Waals surface area contributed by atoms with Crippen LogP contribution < -0.4 is 10.1 Å². The number of carbonyl (C=O) groups is 1. The maximum Gasteiger partial charge on any atom is 0.422 e. The van der Waals surface area contributed by atoms with E-state index in [1.165, 1.54) is 11.4 Å². The molecule has 3 rings (SSSR count). The molecule has 1 heterocycles. The van der Waals surface area contributed by atoms with E-state index in [0.29, 0.717) is 5.75 Å². The second-order valence-corrected chi connectivity index (χ2v) is 6.88. The Morgan fingerprint density at radius 1 is 0.935 bits per heavy atom. The zero-order valence-corrected chi connectivity index (χ0v) is 16.5. The largest absolute Gasteiger partial charge is 0.486 e. The number of halogens is 8. The van der Waals surface area contributed by atoms with Gasteiger partial charge in [0.15, 0.2) is 29.0 Å². The summed E-state index contributed by atoms with van der Waals surface area (Å²) >= 11 is 3.25. The van der Waals surface area contributed by atoms with Gasteiger partial charge in [-0.15, -0.1) is 0 Å². The van der Waals surface area contributed by atoms with Gasteiger partial charge in [-0.05, 0) is 36.4 Å². The van der Waals surface area contributed by atoms with E-state index in [1.54, 1.807) is 24.3 Å². The normalized spacial score (nSPS) is 11.5. The molecule has 0 bridgehead atoms. The van der Waals surface area contributed by atoms with E-state index in [9.17, 15) is 35.5 Å². The fourth-order valence-corrected chi connectivity index (χ4v) is 2.69. The summed E-state index contributed by atoms with van der Waals surface area (Å²) in [5.41, 5.74) is -4.47. The highest BCUT2D eigenvalue weighted by Gasteiger charge is 2.42. The van der Waals surface area contributed by atoms with Gasteiger partial charge in [0.25, 0.3) is 5.91 Å². The molecule has 12 heteroatoms. The Kier molecular flexibility index (Phi) is 6.30. The van der Waals surface area contributed by atoms with Gasteiger partial charge in [-0.3, -0.25) is 4.79 Å². The first-order chi connectivity index (χ1) is 14.5. The van der Waals surface area contributed by atoms with Crippen LogP contribution in [0.15, 0.2) is 45.3 Å². The third-order valence-corrected chi connectivity index (χ3v) is 4.39. The van der Waals surface area contributed by atoms with Gasteiger partial charge >= 0.3 is 6.18 Å². The minimum atomic E-state index is -5.69. The van der Waals surface area contributed by atoms with Gasteiger partial charge in [0.05, 0.1) is 0 Å². The van der Waals surface area contributed by atoms with Crippen LogP contribution in [0, 0.1) is 23.3 Å². The van der Waals surface area contributed by atoms with Gasteiger partial charge in [0.1, 0.15) is 29.4 Å². The zero-order valence-electron chi connectivity index (χ0n) is 14.9. The first-order valence-corrected chi connectivity index (χ1v) is 9.00. The van der Waals surface area contributed by atoms with Crippen LogP contribution in [0.1, 0.15) is 21.9 Å².